The summed E-state index contributed by atoms with van der Waals surface area (Å²) in [6.07, 6.45) is 5.78. The third-order valence-corrected chi connectivity index (χ3v) is 4.65. The van der Waals surface area contributed by atoms with Gasteiger partial charge < -0.3 is 10.5 Å². The van der Waals surface area contributed by atoms with Gasteiger partial charge in [-0.05, 0) is 48.7 Å². The van der Waals surface area contributed by atoms with Crippen molar-refractivity contribution in [3.8, 4) is 5.75 Å². The molecule has 0 aliphatic heterocycles. The standard InChI is InChI=1S/C21H28ClNO/c1-2-3-4-7-14-24-19-12-10-17(11-13-19)15-18(16-23)20-8-5-6-9-21(20)22/h5-6,8-13,18H,2-4,7,14-16,23H2,1H3. The first-order valence-electron chi connectivity index (χ1n) is 8.90. The van der Waals surface area contributed by atoms with Gasteiger partial charge in [0.1, 0.15) is 5.75 Å². The summed E-state index contributed by atoms with van der Waals surface area (Å²) < 4.78 is 5.80. The first kappa shape index (κ1) is 18.8. The molecular formula is C21H28ClNO. The molecule has 2 nitrogen and oxygen atoms in total. The van der Waals surface area contributed by atoms with Crippen LogP contribution in [0.3, 0.4) is 0 Å². The Labute approximate surface area is 151 Å². The Balaban J connectivity index is 1.89. The van der Waals surface area contributed by atoms with Crippen molar-refractivity contribution < 1.29 is 4.74 Å². The number of halogens is 1. The highest BCUT2D eigenvalue weighted by molar-refractivity contribution is 6.31. The summed E-state index contributed by atoms with van der Waals surface area (Å²) in [5.74, 6) is 1.18. The van der Waals surface area contributed by atoms with Crippen molar-refractivity contribution in [2.45, 2.75) is 44.9 Å². The van der Waals surface area contributed by atoms with E-state index in [9.17, 15) is 0 Å². The van der Waals surface area contributed by atoms with Crippen molar-refractivity contribution in [1.29, 1.82) is 0 Å². The molecule has 0 aromatic heterocycles. The van der Waals surface area contributed by atoms with Gasteiger partial charge in [0.25, 0.3) is 0 Å². The Kier molecular flexibility index (Phi) is 8.14. The number of hydrogen-bond acceptors (Lipinski definition) is 2. The van der Waals surface area contributed by atoms with Crippen LogP contribution in [0.4, 0.5) is 0 Å². The molecule has 1 atom stereocenters. The van der Waals surface area contributed by atoms with Gasteiger partial charge in [0.15, 0.2) is 0 Å². The van der Waals surface area contributed by atoms with Crippen molar-refractivity contribution in [2.75, 3.05) is 13.2 Å². The van der Waals surface area contributed by atoms with Crippen LogP contribution in [0.15, 0.2) is 48.5 Å². The summed E-state index contributed by atoms with van der Waals surface area (Å²) in [7, 11) is 0. The van der Waals surface area contributed by atoms with Crippen molar-refractivity contribution in [1.82, 2.24) is 0 Å². The Bertz CT molecular complexity index is 597. The van der Waals surface area contributed by atoms with Crippen molar-refractivity contribution in [3.05, 3.63) is 64.7 Å². The second-order valence-electron chi connectivity index (χ2n) is 6.21. The maximum absolute atomic E-state index is 6.31. The zero-order valence-corrected chi connectivity index (χ0v) is 15.3. The van der Waals surface area contributed by atoms with E-state index in [0.717, 1.165) is 35.8 Å². The molecule has 0 heterocycles. The molecule has 1 unspecified atom stereocenters. The highest BCUT2D eigenvalue weighted by atomic mass is 35.5. The van der Waals surface area contributed by atoms with Gasteiger partial charge in [0.2, 0.25) is 0 Å². The number of rotatable bonds is 10. The smallest absolute Gasteiger partial charge is 0.119 e. The van der Waals surface area contributed by atoms with E-state index in [-0.39, 0.29) is 5.92 Å². The predicted octanol–water partition coefficient (Wildman–Crippen LogP) is 5.58. The summed E-state index contributed by atoms with van der Waals surface area (Å²) in [6.45, 7) is 3.60. The monoisotopic (exact) mass is 345 g/mol. The first-order valence-corrected chi connectivity index (χ1v) is 9.28. The summed E-state index contributed by atoms with van der Waals surface area (Å²) in [5, 5.41) is 0.792. The lowest BCUT2D eigenvalue weighted by molar-refractivity contribution is 0.305. The molecular weight excluding hydrogens is 318 g/mol. The normalized spacial score (nSPS) is 12.1. The van der Waals surface area contributed by atoms with Gasteiger partial charge in [-0.25, -0.2) is 0 Å². The van der Waals surface area contributed by atoms with Crippen molar-refractivity contribution in [3.63, 3.8) is 0 Å². The molecule has 2 aromatic carbocycles. The average Bonchev–Trinajstić information content (AvgIpc) is 2.61. The minimum atomic E-state index is 0.236. The van der Waals surface area contributed by atoms with E-state index >= 15 is 0 Å². The molecule has 2 N–H and O–H groups in total. The van der Waals surface area contributed by atoms with Crippen LogP contribution in [0, 0.1) is 0 Å². The Morgan fingerprint density at radius 2 is 1.75 bits per heavy atom. The fourth-order valence-electron chi connectivity index (χ4n) is 2.85. The maximum Gasteiger partial charge on any atom is 0.119 e. The predicted molar refractivity (Wildman–Crippen MR) is 103 cm³/mol. The first-order chi connectivity index (χ1) is 11.7. The van der Waals surface area contributed by atoms with E-state index in [1.165, 1.54) is 24.8 Å². The number of unbranched alkanes of at least 4 members (excludes halogenated alkanes) is 3. The van der Waals surface area contributed by atoms with E-state index in [1.54, 1.807) is 0 Å². The molecule has 0 saturated carbocycles. The van der Waals surface area contributed by atoms with Crippen LogP contribution in [0.5, 0.6) is 5.75 Å². The fourth-order valence-corrected chi connectivity index (χ4v) is 3.14. The van der Waals surface area contributed by atoms with Crippen molar-refractivity contribution in [2.24, 2.45) is 5.73 Å². The third kappa shape index (κ3) is 5.85. The SMILES string of the molecule is CCCCCCOc1ccc(CC(CN)c2ccccc2Cl)cc1. The highest BCUT2D eigenvalue weighted by Crippen LogP contribution is 2.27. The van der Waals surface area contributed by atoms with Gasteiger partial charge in [-0.3, -0.25) is 0 Å². The molecule has 0 bridgehead atoms. The average molecular weight is 346 g/mol. The van der Waals surface area contributed by atoms with Crippen LogP contribution in [-0.4, -0.2) is 13.2 Å². The molecule has 0 aliphatic rings. The zero-order valence-electron chi connectivity index (χ0n) is 14.5. The van der Waals surface area contributed by atoms with Crippen LogP contribution in [-0.2, 0) is 6.42 Å². The summed E-state index contributed by atoms with van der Waals surface area (Å²) >= 11 is 6.31. The summed E-state index contributed by atoms with van der Waals surface area (Å²) in [4.78, 5) is 0. The van der Waals surface area contributed by atoms with Gasteiger partial charge in [-0.15, -0.1) is 0 Å². The van der Waals surface area contributed by atoms with Crippen LogP contribution in [0.1, 0.15) is 49.7 Å². The summed E-state index contributed by atoms with van der Waals surface area (Å²) in [6, 6.07) is 16.3. The molecule has 24 heavy (non-hydrogen) atoms. The third-order valence-electron chi connectivity index (χ3n) is 4.30. The van der Waals surface area contributed by atoms with Gasteiger partial charge in [0, 0.05) is 10.9 Å². The van der Waals surface area contributed by atoms with Gasteiger partial charge in [-0.1, -0.05) is 68.1 Å². The minimum Gasteiger partial charge on any atom is -0.494 e. The Morgan fingerprint density at radius 3 is 2.42 bits per heavy atom. The molecule has 2 aromatic rings. The fraction of sp³-hybridized carbons (Fsp3) is 0.429. The van der Waals surface area contributed by atoms with Crippen LogP contribution >= 0.6 is 11.6 Å². The Hall–Kier alpha value is -1.51. The summed E-state index contributed by atoms with van der Waals surface area (Å²) in [5.41, 5.74) is 8.35. The molecule has 130 valence electrons. The van der Waals surface area contributed by atoms with Gasteiger partial charge >= 0.3 is 0 Å². The molecule has 3 heteroatoms. The lowest BCUT2D eigenvalue weighted by Crippen LogP contribution is -2.15. The van der Waals surface area contributed by atoms with E-state index in [1.807, 2.05) is 18.2 Å². The largest absolute Gasteiger partial charge is 0.494 e. The second kappa shape index (κ2) is 10.4. The second-order valence-corrected chi connectivity index (χ2v) is 6.62. The van der Waals surface area contributed by atoms with Crippen molar-refractivity contribution >= 4 is 11.6 Å². The van der Waals surface area contributed by atoms with Gasteiger partial charge in [0.05, 0.1) is 6.61 Å². The highest BCUT2D eigenvalue weighted by Gasteiger charge is 2.13. The van der Waals surface area contributed by atoms with Crippen LogP contribution < -0.4 is 10.5 Å². The zero-order chi connectivity index (χ0) is 17.2. The molecule has 0 radical (unpaired) electrons. The van der Waals surface area contributed by atoms with E-state index in [2.05, 4.69) is 37.3 Å². The molecule has 0 amide bonds. The molecule has 0 saturated heterocycles. The lowest BCUT2D eigenvalue weighted by atomic mass is 9.92. The van der Waals surface area contributed by atoms with Crippen LogP contribution in [0.25, 0.3) is 0 Å². The van der Waals surface area contributed by atoms with E-state index < -0.39 is 0 Å². The number of nitrogens with two attached hydrogens (primary N) is 1. The van der Waals surface area contributed by atoms with E-state index in [0.29, 0.717) is 6.54 Å². The number of hydrogen-bond donors (Lipinski definition) is 1. The Morgan fingerprint density at radius 1 is 1.00 bits per heavy atom. The van der Waals surface area contributed by atoms with E-state index in [4.69, 9.17) is 22.1 Å². The lowest BCUT2D eigenvalue weighted by Gasteiger charge is -2.17. The van der Waals surface area contributed by atoms with Gasteiger partial charge in [-0.2, -0.15) is 0 Å². The molecule has 0 spiro atoms. The quantitative estimate of drug-likeness (QED) is 0.570. The molecule has 2 rings (SSSR count). The maximum atomic E-state index is 6.31. The number of ether oxygens (including phenoxy) is 1. The van der Waals surface area contributed by atoms with Crippen LogP contribution in [0.2, 0.25) is 5.02 Å². The molecule has 0 fully saturated rings. The number of benzene rings is 2. The topological polar surface area (TPSA) is 35.2 Å². The minimum absolute atomic E-state index is 0.236. The molecule has 0 aliphatic carbocycles.